The minimum absolute atomic E-state index is 0.129. The number of rotatable bonds is 3. The molecule has 0 radical (unpaired) electrons. The summed E-state index contributed by atoms with van der Waals surface area (Å²) in [5.41, 5.74) is 1.35. The summed E-state index contributed by atoms with van der Waals surface area (Å²) in [7, 11) is 0. The molecule has 132 valence electrons. The molecule has 2 aromatic rings. The van der Waals surface area contributed by atoms with Crippen molar-refractivity contribution in [3.05, 3.63) is 53.9 Å². The molecule has 0 fully saturated rings. The van der Waals surface area contributed by atoms with E-state index in [-0.39, 0.29) is 12.5 Å². The van der Waals surface area contributed by atoms with Crippen molar-refractivity contribution in [2.75, 3.05) is 18.0 Å². The van der Waals surface area contributed by atoms with Gasteiger partial charge >= 0.3 is 6.18 Å². The molecule has 1 atom stereocenters. The van der Waals surface area contributed by atoms with Gasteiger partial charge in [0.1, 0.15) is 0 Å². The maximum Gasteiger partial charge on any atom is 0.416 e. The molecule has 1 aliphatic rings. The van der Waals surface area contributed by atoms with Gasteiger partial charge in [-0.1, -0.05) is 0 Å². The van der Waals surface area contributed by atoms with Crippen LogP contribution in [-0.4, -0.2) is 24.0 Å². The predicted octanol–water partition coefficient (Wildman–Crippen LogP) is 3.55. The van der Waals surface area contributed by atoms with E-state index < -0.39 is 24.5 Å². The molecule has 0 aliphatic carbocycles. The monoisotopic (exact) mass is 352 g/mol. The van der Waals surface area contributed by atoms with Gasteiger partial charge in [-0.25, -0.2) is 0 Å². The van der Waals surface area contributed by atoms with Crippen LogP contribution in [0.5, 0.6) is 0 Å². The maximum atomic E-state index is 12.8. The molecular formula is C18H18F3N3O. The molecule has 0 saturated carbocycles. The Morgan fingerprint density at radius 3 is 2.80 bits per heavy atom. The molecule has 0 saturated heterocycles. The topological polar surface area (TPSA) is 45.2 Å². The minimum Gasteiger partial charge on any atom is -0.356 e. The van der Waals surface area contributed by atoms with Gasteiger partial charge in [-0.15, -0.1) is 0 Å². The van der Waals surface area contributed by atoms with E-state index >= 15 is 0 Å². The molecule has 3 rings (SSSR count). The number of carbonyl (C=O) groups is 1. The molecular weight excluding hydrogens is 331 g/mol. The zero-order valence-corrected chi connectivity index (χ0v) is 13.2. The third kappa shape index (κ3) is 3.92. The molecule has 1 aromatic heterocycles. The number of halogens is 3. The lowest BCUT2D eigenvalue weighted by molar-refractivity contribution is -0.137. The number of nitrogens with zero attached hydrogens (tertiary/aromatic N) is 2. The predicted molar refractivity (Wildman–Crippen MR) is 88.6 cm³/mol. The molecule has 0 unspecified atom stereocenters. The largest absolute Gasteiger partial charge is 0.416 e. The Morgan fingerprint density at radius 1 is 1.36 bits per heavy atom. The van der Waals surface area contributed by atoms with Crippen molar-refractivity contribution in [1.29, 1.82) is 0 Å². The van der Waals surface area contributed by atoms with Crippen LogP contribution >= 0.6 is 0 Å². The van der Waals surface area contributed by atoms with Crippen molar-refractivity contribution < 1.29 is 22.1 Å². The lowest BCUT2D eigenvalue weighted by Crippen LogP contribution is -2.39. The fourth-order valence-corrected chi connectivity index (χ4v) is 2.98. The summed E-state index contributed by atoms with van der Waals surface area (Å²) < 4.78 is 59.8. The van der Waals surface area contributed by atoms with Crippen LogP contribution in [-0.2, 0) is 17.4 Å². The fraction of sp³-hybridized carbons (Fsp3) is 0.333. The molecule has 0 bridgehead atoms. The van der Waals surface area contributed by atoms with Crippen LogP contribution in [0.2, 0.25) is 0 Å². The van der Waals surface area contributed by atoms with Crippen molar-refractivity contribution in [3.63, 3.8) is 0 Å². The second kappa shape index (κ2) is 6.74. The van der Waals surface area contributed by atoms with Crippen molar-refractivity contribution in [3.8, 4) is 0 Å². The number of carbonyl (C=O) groups excluding carboxylic acids is 1. The van der Waals surface area contributed by atoms with Crippen molar-refractivity contribution in [1.82, 2.24) is 10.3 Å². The number of benzene rings is 1. The van der Waals surface area contributed by atoms with E-state index in [4.69, 9.17) is 4.11 Å². The Morgan fingerprint density at radius 2 is 2.12 bits per heavy atom. The van der Waals surface area contributed by atoms with Crippen molar-refractivity contribution in [2.45, 2.75) is 19.4 Å². The van der Waals surface area contributed by atoms with Gasteiger partial charge in [-0.2, -0.15) is 13.2 Å². The highest BCUT2D eigenvalue weighted by Gasteiger charge is 2.31. The smallest absolute Gasteiger partial charge is 0.356 e. The molecule has 1 N–H and O–H groups in total. The molecule has 0 spiro atoms. The Kier molecular flexibility index (Phi) is 3.69. The highest BCUT2D eigenvalue weighted by atomic mass is 19.4. The molecule has 2 heterocycles. The summed E-state index contributed by atoms with van der Waals surface area (Å²) in [5.74, 6) is -1.17. The first kappa shape index (κ1) is 13.7. The standard InChI is InChI=1S/C18H18F3N3O/c1-12(25)23-10-13-9-16-17(3-2-8-22-16)24(11-13)15-6-4-14(5-7-15)18(19,20)21/h2-8,13H,9-11H2,1H3,(H,23,25)/t13-/m0/s1/i1D3. The Balaban J connectivity index is 1.83. The zero-order chi connectivity index (χ0) is 20.5. The third-order valence-corrected chi connectivity index (χ3v) is 4.14. The van der Waals surface area contributed by atoms with Gasteiger partial charge in [-0.3, -0.25) is 9.78 Å². The number of hydrogen-bond donors (Lipinski definition) is 1. The highest BCUT2D eigenvalue weighted by molar-refractivity contribution is 5.73. The van der Waals surface area contributed by atoms with Crippen LogP contribution in [0.15, 0.2) is 42.6 Å². The summed E-state index contributed by atoms with van der Waals surface area (Å²) in [6.45, 7) is -2.19. The summed E-state index contributed by atoms with van der Waals surface area (Å²) >= 11 is 0. The van der Waals surface area contributed by atoms with E-state index in [0.717, 1.165) is 23.5 Å². The first-order valence-corrected chi connectivity index (χ1v) is 7.72. The number of fused-ring (bicyclic) bond motifs is 1. The summed E-state index contributed by atoms with van der Waals surface area (Å²) in [5, 5.41) is 2.42. The fourth-order valence-electron chi connectivity index (χ4n) is 2.98. The van der Waals surface area contributed by atoms with Crippen LogP contribution < -0.4 is 10.2 Å². The van der Waals surface area contributed by atoms with Gasteiger partial charge in [-0.05, 0) is 48.7 Å². The number of hydrogen-bond acceptors (Lipinski definition) is 3. The van der Waals surface area contributed by atoms with Crippen molar-refractivity contribution >= 4 is 17.3 Å². The molecule has 1 aromatic carbocycles. The van der Waals surface area contributed by atoms with E-state index in [1.165, 1.54) is 12.1 Å². The van der Waals surface area contributed by atoms with Gasteiger partial charge in [0.25, 0.3) is 0 Å². The number of amides is 1. The maximum absolute atomic E-state index is 12.8. The van der Waals surface area contributed by atoms with Gasteiger partial charge in [0, 0.05) is 35.9 Å². The Hall–Kier alpha value is -2.57. The lowest BCUT2D eigenvalue weighted by atomic mass is 9.95. The van der Waals surface area contributed by atoms with Gasteiger partial charge in [0.05, 0.1) is 16.9 Å². The number of anilines is 2. The van der Waals surface area contributed by atoms with E-state index in [2.05, 4.69) is 10.3 Å². The zero-order valence-electron chi connectivity index (χ0n) is 16.2. The third-order valence-electron chi connectivity index (χ3n) is 4.14. The highest BCUT2D eigenvalue weighted by Crippen LogP contribution is 2.36. The summed E-state index contributed by atoms with van der Waals surface area (Å²) in [6.07, 6.45) is -2.27. The molecule has 4 nitrogen and oxygen atoms in total. The minimum atomic E-state index is -4.41. The number of pyridine rings is 1. The Bertz CT molecular complexity index is 854. The first-order valence-electron chi connectivity index (χ1n) is 9.22. The van der Waals surface area contributed by atoms with E-state index in [9.17, 15) is 18.0 Å². The average molecular weight is 352 g/mol. The normalized spacial score (nSPS) is 19.4. The second-order valence-electron chi connectivity index (χ2n) is 5.90. The van der Waals surface area contributed by atoms with Gasteiger partial charge in [0.15, 0.2) is 0 Å². The molecule has 1 amide bonds. The van der Waals surface area contributed by atoms with Crippen LogP contribution in [0.4, 0.5) is 24.5 Å². The quantitative estimate of drug-likeness (QED) is 0.919. The molecule has 7 heteroatoms. The second-order valence-corrected chi connectivity index (χ2v) is 5.90. The number of alkyl halides is 3. The van der Waals surface area contributed by atoms with Crippen LogP contribution in [0, 0.1) is 5.92 Å². The lowest BCUT2D eigenvalue weighted by Gasteiger charge is -2.35. The molecule has 1 aliphatic heterocycles. The van der Waals surface area contributed by atoms with Crippen LogP contribution in [0.1, 0.15) is 22.2 Å². The van der Waals surface area contributed by atoms with E-state index in [0.29, 0.717) is 18.7 Å². The average Bonchev–Trinajstić information content (AvgIpc) is 2.64. The van der Waals surface area contributed by atoms with E-state index in [1.807, 2.05) is 11.0 Å². The van der Waals surface area contributed by atoms with Crippen molar-refractivity contribution in [2.24, 2.45) is 5.92 Å². The SMILES string of the molecule is [2H]C([2H])([2H])C(=O)NC[C@@H]1Cc2ncccc2N(c2ccc(C(F)(F)F)cc2)C1. The number of nitrogens with one attached hydrogen (secondary N) is 1. The van der Waals surface area contributed by atoms with Crippen LogP contribution in [0.25, 0.3) is 0 Å². The summed E-state index contributed by atoms with van der Waals surface area (Å²) in [6, 6.07) is 8.40. The summed E-state index contributed by atoms with van der Waals surface area (Å²) in [4.78, 5) is 17.8. The number of aromatic nitrogens is 1. The first-order chi connectivity index (χ1) is 13.1. The Labute approximate surface area is 147 Å². The van der Waals surface area contributed by atoms with E-state index in [1.54, 1.807) is 12.3 Å². The van der Waals surface area contributed by atoms with Gasteiger partial charge in [0.2, 0.25) is 5.91 Å². The van der Waals surface area contributed by atoms with Crippen LogP contribution in [0.3, 0.4) is 0 Å². The van der Waals surface area contributed by atoms with Gasteiger partial charge < -0.3 is 10.2 Å². The molecule has 25 heavy (non-hydrogen) atoms.